The van der Waals surface area contributed by atoms with E-state index in [-0.39, 0.29) is 0 Å². The molecule has 1 atom stereocenters. The van der Waals surface area contributed by atoms with Gasteiger partial charge in [-0.1, -0.05) is 6.92 Å². The molecule has 0 aliphatic carbocycles. The first kappa shape index (κ1) is 11.3. The van der Waals surface area contributed by atoms with Crippen molar-refractivity contribution in [3.63, 3.8) is 0 Å². The van der Waals surface area contributed by atoms with Crippen molar-refractivity contribution >= 4 is 0 Å². The molecule has 1 aromatic rings. The molecule has 3 heterocycles. The van der Waals surface area contributed by atoms with Gasteiger partial charge in [0.05, 0.1) is 5.69 Å². The fourth-order valence-electron chi connectivity index (χ4n) is 3.12. The highest BCUT2D eigenvalue weighted by atomic mass is 15.1. The first-order chi connectivity index (χ1) is 8.31. The van der Waals surface area contributed by atoms with Crippen molar-refractivity contribution in [1.29, 1.82) is 0 Å². The lowest BCUT2D eigenvalue weighted by Gasteiger charge is -2.21. The number of hydrogen-bond acceptors (Lipinski definition) is 2. The first-order valence-corrected chi connectivity index (χ1v) is 7.07. The Morgan fingerprint density at radius 1 is 1.35 bits per heavy atom. The Hall–Kier alpha value is -0.830. The third kappa shape index (κ3) is 2.54. The van der Waals surface area contributed by atoms with Crippen LogP contribution in [0.5, 0.6) is 0 Å². The molecule has 0 radical (unpaired) electrons. The second kappa shape index (κ2) is 4.81. The van der Waals surface area contributed by atoms with Gasteiger partial charge in [-0.3, -0.25) is 0 Å². The summed E-state index contributed by atoms with van der Waals surface area (Å²) in [4.78, 5) is 4.84. The van der Waals surface area contributed by atoms with Crippen LogP contribution in [-0.2, 0) is 19.4 Å². The molecule has 2 aliphatic heterocycles. The Morgan fingerprint density at radius 3 is 3.00 bits per heavy atom. The molecule has 0 spiro atoms. The summed E-state index contributed by atoms with van der Waals surface area (Å²) in [6.45, 7) is 5.89. The molecule has 2 aliphatic rings. The maximum Gasteiger partial charge on any atom is 0.109 e. The van der Waals surface area contributed by atoms with Crippen molar-refractivity contribution in [1.82, 2.24) is 14.9 Å². The van der Waals surface area contributed by atoms with Crippen LogP contribution in [0.15, 0.2) is 6.20 Å². The third-order valence-electron chi connectivity index (χ3n) is 4.26. The SMILES string of the molecule is CC1CCn2cc(CC3CCNCC3)nc2C1. The van der Waals surface area contributed by atoms with E-state index in [0.717, 1.165) is 11.8 Å². The zero-order chi connectivity index (χ0) is 11.7. The molecule has 3 heteroatoms. The van der Waals surface area contributed by atoms with Crippen LogP contribution in [0.25, 0.3) is 0 Å². The summed E-state index contributed by atoms with van der Waals surface area (Å²) in [6.07, 6.45) is 8.62. The molecule has 3 nitrogen and oxygen atoms in total. The highest BCUT2D eigenvalue weighted by Gasteiger charge is 2.20. The largest absolute Gasteiger partial charge is 0.335 e. The molecule has 1 N–H and O–H groups in total. The Kier molecular flexibility index (Phi) is 3.19. The molecular weight excluding hydrogens is 210 g/mol. The lowest BCUT2D eigenvalue weighted by atomic mass is 9.93. The highest BCUT2D eigenvalue weighted by molar-refractivity contribution is 5.08. The van der Waals surface area contributed by atoms with E-state index in [4.69, 9.17) is 4.98 Å². The van der Waals surface area contributed by atoms with E-state index in [2.05, 4.69) is 23.0 Å². The minimum Gasteiger partial charge on any atom is -0.335 e. The van der Waals surface area contributed by atoms with Gasteiger partial charge in [0, 0.05) is 19.2 Å². The van der Waals surface area contributed by atoms with E-state index in [9.17, 15) is 0 Å². The first-order valence-electron chi connectivity index (χ1n) is 7.07. The number of hydrogen-bond donors (Lipinski definition) is 1. The summed E-state index contributed by atoms with van der Waals surface area (Å²) in [7, 11) is 0. The van der Waals surface area contributed by atoms with E-state index in [1.807, 2.05) is 0 Å². The summed E-state index contributed by atoms with van der Waals surface area (Å²) >= 11 is 0. The van der Waals surface area contributed by atoms with Crippen LogP contribution < -0.4 is 5.32 Å². The number of piperidine rings is 1. The van der Waals surface area contributed by atoms with Crippen LogP contribution in [0.2, 0.25) is 0 Å². The van der Waals surface area contributed by atoms with Gasteiger partial charge in [-0.2, -0.15) is 0 Å². The molecule has 3 rings (SSSR count). The Labute approximate surface area is 104 Å². The number of nitrogens with one attached hydrogen (secondary N) is 1. The number of nitrogens with zero attached hydrogens (tertiary/aromatic N) is 2. The van der Waals surface area contributed by atoms with Gasteiger partial charge in [0.2, 0.25) is 0 Å². The predicted molar refractivity (Wildman–Crippen MR) is 69.0 cm³/mol. The Morgan fingerprint density at radius 2 is 2.18 bits per heavy atom. The fraction of sp³-hybridized carbons (Fsp3) is 0.786. The molecule has 0 saturated carbocycles. The topological polar surface area (TPSA) is 29.9 Å². The van der Waals surface area contributed by atoms with Gasteiger partial charge in [0.25, 0.3) is 0 Å². The maximum absolute atomic E-state index is 4.84. The van der Waals surface area contributed by atoms with Gasteiger partial charge in [0.15, 0.2) is 0 Å². The summed E-state index contributed by atoms with van der Waals surface area (Å²) in [5, 5.41) is 3.43. The smallest absolute Gasteiger partial charge is 0.109 e. The van der Waals surface area contributed by atoms with Gasteiger partial charge >= 0.3 is 0 Å². The van der Waals surface area contributed by atoms with Crippen LogP contribution in [0.4, 0.5) is 0 Å². The van der Waals surface area contributed by atoms with Crippen molar-refractivity contribution in [2.45, 2.75) is 45.6 Å². The highest BCUT2D eigenvalue weighted by Crippen LogP contribution is 2.22. The van der Waals surface area contributed by atoms with Crippen LogP contribution in [0.1, 0.15) is 37.7 Å². The minimum absolute atomic E-state index is 0.816. The molecule has 1 unspecified atom stereocenters. The van der Waals surface area contributed by atoms with E-state index in [1.54, 1.807) is 0 Å². The Balaban J connectivity index is 1.67. The summed E-state index contributed by atoms with van der Waals surface area (Å²) in [5.74, 6) is 3.00. The van der Waals surface area contributed by atoms with E-state index >= 15 is 0 Å². The van der Waals surface area contributed by atoms with Crippen LogP contribution in [-0.4, -0.2) is 22.6 Å². The van der Waals surface area contributed by atoms with Gasteiger partial charge in [-0.25, -0.2) is 4.98 Å². The van der Waals surface area contributed by atoms with Crippen molar-refractivity contribution in [3.8, 4) is 0 Å². The maximum atomic E-state index is 4.84. The molecular formula is C14H23N3. The predicted octanol–water partition coefficient (Wildman–Crippen LogP) is 2.01. The van der Waals surface area contributed by atoms with E-state index in [0.29, 0.717) is 0 Å². The standard InChI is InChI=1S/C14H23N3/c1-11-4-7-17-10-13(16-14(17)8-11)9-12-2-5-15-6-3-12/h10-12,15H,2-9H2,1H3. The summed E-state index contributed by atoms with van der Waals surface area (Å²) in [5.41, 5.74) is 1.33. The molecule has 0 aromatic carbocycles. The van der Waals surface area contributed by atoms with Crippen LogP contribution in [0, 0.1) is 11.8 Å². The minimum atomic E-state index is 0.816. The second-order valence-electron chi connectivity index (χ2n) is 5.84. The van der Waals surface area contributed by atoms with Gasteiger partial charge in [0.1, 0.15) is 5.82 Å². The zero-order valence-corrected chi connectivity index (χ0v) is 10.8. The van der Waals surface area contributed by atoms with Crippen molar-refractivity contribution in [2.75, 3.05) is 13.1 Å². The quantitative estimate of drug-likeness (QED) is 0.847. The molecule has 1 saturated heterocycles. The molecule has 0 amide bonds. The number of fused-ring (bicyclic) bond motifs is 1. The lowest BCUT2D eigenvalue weighted by molar-refractivity contribution is 0.370. The van der Waals surface area contributed by atoms with Gasteiger partial charge in [-0.15, -0.1) is 0 Å². The number of rotatable bonds is 2. The van der Waals surface area contributed by atoms with E-state index < -0.39 is 0 Å². The fourth-order valence-corrected chi connectivity index (χ4v) is 3.12. The average Bonchev–Trinajstić information content (AvgIpc) is 2.71. The van der Waals surface area contributed by atoms with Crippen LogP contribution in [0.3, 0.4) is 0 Å². The molecule has 94 valence electrons. The summed E-state index contributed by atoms with van der Waals surface area (Å²) in [6, 6.07) is 0. The number of aromatic nitrogens is 2. The second-order valence-corrected chi connectivity index (χ2v) is 5.84. The monoisotopic (exact) mass is 233 g/mol. The van der Waals surface area contributed by atoms with Crippen LogP contribution >= 0.6 is 0 Å². The van der Waals surface area contributed by atoms with Crippen molar-refractivity contribution in [2.24, 2.45) is 11.8 Å². The van der Waals surface area contributed by atoms with Gasteiger partial charge < -0.3 is 9.88 Å². The molecule has 17 heavy (non-hydrogen) atoms. The van der Waals surface area contributed by atoms with E-state index in [1.165, 1.54) is 63.3 Å². The molecule has 1 aromatic heterocycles. The number of aryl methyl sites for hydroxylation is 1. The molecule has 0 bridgehead atoms. The van der Waals surface area contributed by atoms with Crippen molar-refractivity contribution in [3.05, 3.63) is 17.7 Å². The molecule has 1 fully saturated rings. The van der Waals surface area contributed by atoms with Crippen molar-refractivity contribution < 1.29 is 0 Å². The zero-order valence-electron chi connectivity index (χ0n) is 10.8. The lowest BCUT2D eigenvalue weighted by Crippen LogP contribution is -2.28. The number of imidazole rings is 1. The summed E-state index contributed by atoms with van der Waals surface area (Å²) < 4.78 is 2.39. The average molecular weight is 233 g/mol. The normalized spacial score (nSPS) is 25.8. The Bertz CT molecular complexity index is 377. The third-order valence-corrected chi connectivity index (χ3v) is 4.26. The van der Waals surface area contributed by atoms with Gasteiger partial charge in [-0.05, 0) is 50.6 Å².